The summed E-state index contributed by atoms with van der Waals surface area (Å²) in [6.45, 7) is 0. The largest absolute Gasteiger partial charge is 0.370 e. The van der Waals surface area contributed by atoms with E-state index in [0.717, 1.165) is 43.1 Å². The van der Waals surface area contributed by atoms with Gasteiger partial charge >= 0.3 is 0 Å². The summed E-state index contributed by atoms with van der Waals surface area (Å²) in [7, 11) is 1.77. The molecule has 0 radical (unpaired) electrons. The predicted octanol–water partition coefficient (Wildman–Crippen LogP) is 2.56. The van der Waals surface area contributed by atoms with Crippen LogP contribution in [0.5, 0.6) is 0 Å². The molecule has 2 atom stereocenters. The molecule has 3 aliphatic rings. The number of methoxy groups -OCH3 is 1. The van der Waals surface area contributed by atoms with Gasteiger partial charge in [-0.15, -0.1) is 0 Å². The lowest BCUT2D eigenvalue weighted by Crippen LogP contribution is -2.38. The quantitative estimate of drug-likeness (QED) is 0.924. The van der Waals surface area contributed by atoms with E-state index in [0.29, 0.717) is 5.92 Å². The number of hydrogen-bond donors (Lipinski definition) is 1. The van der Waals surface area contributed by atoms with Gasteiger partial charge in [-0.1, -0.05) is 5.16 Å². The molecule has 3 fully saturated rings. The summed E-state index contributed by atoms with van der Waals surface area (Å²) < 4.78 is 11.3. The van der Waals surface area contributed by atoms with Crippen molar-refractivity contribution in [3.63, 3.8) is 0 Å². The van der Waals surface area contributed by atoms with E-state index in [1.807, 2.05) is 0 Å². The van der Waals surface area contributed by atoms with E-state index in [2.05, 4.69) is 15.5 Å². The van der Waals surface area contributed by atoms with Crippen molar-refractivity contribution >= 4 is 0 Å². The Kier molecular flexibility index (Phi) is 3.50. The van der Waals surface area contributed by atoms with Crippen molar-refractivity contribution in [3.8, 4) is 0 Å². The minimum absolute atomic E-state index is 0.283. The molecule has 0 aromatic carbocycles. The lowest BCUT2D eigenvalue weighted by atomic mass is 9.90. The maximum Gasteiger partial charge on any atom is 0.227 e. The van der Waals surface area contributed by atoms with E-state index >= 15 is 0 Å². The fourth-order valence-corrected chi connectivity index (χ4v) is 4.58. The average Bonchev–Trinajstić information content (AvgIpc) is 3.20. The first kappa shape index (κ1) is 13.7. The van der Waals surface area contributed by atoms with Crippen LogP contribution in [0.15, 0.2) is 4.52 Å². The van der Waals surface area contributed by atoms with E-state index in [1.165, 1.54) is 38.5 Å². The van der Waals surface area contributed by atoms with Gasteiger partial charge in [-0.05, 0) is 57.3 Å². The first-order valence-corrected chi connectivity index (χ1v) is 8.42. The minimum Gasteiger partial charge on any atom is -0.370 e. The zero-order chi connectivity index (χ0) is 14.3. The van der Waals surface area contributed by atoms with Gasteiger partial charge in [0, 0.05) is 25.6 Å². The number of nitrogens with zero attached hydrogens (tertiary/aromatic N) is 2. The van der Waals surface area contributed by atoms with Crippen molar-refractivity contribution in [2.24, 2.45) is 5.92 Å². The molecule has 2 saturated heterocycles. The molecule has 4 rings (SSSR count). The number of rotatable bonds is 4. The number of hydrogen-bond acceptors (Lipinski definition) is 5. The molecule has 2 unspecified atom stereocenters. The van der Waals surface area contributed by atoms with E-state index in [-0.39, 0.29) is 5.60 Å². The molecule has 1 saturated carbocycles. The Bertz CT molecular complexity index is 483. The summed E-state index contributed by atoms with van der Waals surface area (Å²) in [4.78, 5) is 4.68. The smallest absolute Gasteiger partial charge is 0.227 e. The van der Waals surface area contributed by atoms with E-state index in [4.69, 9.17) is 9.26 Å². The zero-order valence-electron chi connectivity index (χ0n) is 12.8. The third-order valence-electron chi connectivity index (χ3n) is 5.71. The summed E-state index contributed by atoms with van der Waals surface area (Å²) >= 11 is 0. The molecule has 3 heterocycles. The first-order valence-electron chi connectivity index (χ1n) is 8.42. The van der Waals surface area contributed by atoms with Crippen LogP contribution in [0.2, 0.25) is 0 Å². The summed E-state index contributed by atoms with van der Waals surface area (Å²) in [5.74, 6) is 2.27. The monoisotopic (exact) mass is 291 g/mol. The first-order chi connectivity index (χ1) is 10.3. The summed E-state index contributed by atoms with van der Waals surface area (Å²) in [5, 5.41) is 7.92. The highest BCUT2D eigenvalue weighted by molar-refractivity contribution is 5.05. The standard InChI is InChI=1S/C16H25N3O2/c1-20-16(6-2-3-7-16)15-18-14(21-19-15)10-11-8-12-4-5-13(9-11)17-12/h11-13,17H,2-10H2,1H3. The molecule has 0 amide bonds. The second-order valence-electron chi connectivity index (χ2n) is 7.10. The third kappa shape index (κ3) is 2.50. The van der Waals surface area contributed by atoms with Crippen molar-refractivity contribution in [2.75, 3.05) is 7.11 Å². The Hall–Kier alpha value is -0.940. The molecule has 116 valence electrons. The lowest BCUT2D eigenvalue weighted by Gasteiger charge is -2.28. The Morgan fingerprint density at radius 3 is 2.62 bits per heavy atom. The fourth-order valence-electron chi connectivity index (χ4n) is 4.58. The third-order valence-corrected chi connectivity index (χ3v) is 5.71. The minimum atomic E-state index is -0.283. The van der Waals surface area contributed by atoms with Crippen LogP contribution in [0.4, 0.5) is 0 Å². The maximum absolute atomic E-state index is 5.74. The van der Waals surface area contributed by atoms with Gasteiger partial charge in [-0.25, -0.2) is 0 Å². The molecule has 5 heteroatoms. The number of nitrogens with one attached hydrogen (secondary N) is 1. The highest BCUT2D eigenvalue weighted by atomic mass is 16.5. The van der Waals surface area contributed by atoms with Gasteiger partial charge in [0.05, 0.1) is 0 Å². The SMILES string of the molecule is COC1(c2noc(CC3CC4CCC(C3)N4)n2)CCCC1. The predicted molar refractivity (Wildman–Crippen MR) is 77.8 cm³/mol. The van der Waals surface area contributed by atoms with Gasteiger partial charge in [-0.2, -0.15) is 4.98 Å². The number of fused-ring (bicyclic) bond motifs is 2. The Labute approximate surface area is 125 Å². The summed E-state index contributed by atoms with van der Waals surface area (Å²) in [6.07, 6.45) is 10.5. The highest BCUT2D eigenvalue weighted by Gasteiger charge is 2.40. The highest BCUT2D eigenvalue weighted by Crippen LogP contribution is 2.40. The van der Waals surface area contributed by atoms with Crippen LogP contribution in [0.3, 0.4) is 0 Å². The van der Waals surface area contributed by atoms with E-state index in [9.17, 15) is 0 Å². The van der Waals surface area contributed by atoms with Crippen LogP contribution in [0.1, 0.15) is 63.1 Å². The molecular formula is C16H25N3O2. The van der Waals surface area contributed by atoms with Gasteiger partial charge in [-0.3, -0.25) is 0 Å². The Morgan fingerprint density at radius 1 is 1.24 bits per heavy atom. The van der Waals surface area contributed by atoms with Crippen LogP contribution in [-0.4, -0.2) is 29.3 Å². The van der Waals surface area contributed by atoms with Crippen molar-refractivity contribution in [2.45, 2.75) is 75.5 Å². The lowest BCUT2D eigenvalue weighted by molar-refractivity contribution is -0.0178. The molecule has 21 heavy (non-hydrogen) atoms. The molecule has 0 spiro atoms. The Morgan fingerprint density at radius 2 is 1.95 bits per heavy atom. The van der Waals surface area contributed by atoms with Crippen LogP contribution in [-0.2, 0) is 16.8 Å². The molecule has 1 aromatic rings. The number of piperidine rings is 1. The van der Waals surface area contributed by atoms with Crippen molar-refractivity contribution < 1.29 is 9.26 Å². The van der Waals surface area contributed by atoms with Gasteiger partial charge in [0.25, 0.3) is 0 Å². The average molecular weight is 291 g/mol. The fraction of sp³-hybridized carbons (Fsp3) is 0.875. The van der Waals surface area contributed by atoms with Gasteiger partial charge < -0.3 is 14.6 Å². The summed E-state index contributed by atoms with van der Waals surface area (Å²) in [5.41, 5.74) is -0.283. The zero-order valence-corrected chi connectivity index (χ0v) is 12.8. The molecule has 2 bridgehead atoms. The maximum atomic E-state index is 5.74. The second-order valence-corrected chi connectivity index (χ2v) is 7.10. The van der Waals surface area contributed by atoms with E-state index in [1.54, 1.807) is 7.11 Å². The van der Waals surface area contributed by atoms with Crippen LogP contribution < -0.4 is 5.32 Å². The van der Waals surface area contributed by atoms with Crippen LogP contribution in [0, 0.1) is 5.92 Å². The normalized spacial score (nSPS) is 34.4. The van der Waals surface area contributed by atoms with E-state index < -0.39 is 0 Å². The van der Waals surface area contributed by atoms with Crippen molar-refractivity contribution in [1.82, 2.24) is 15.5 Å². The number of aromatic nitrogens is 2. The van der Waals surface area contributed by atoms with Gasteiger partial charge in [0.15, 0.2) is 0 Å². The topological polar surface area (TPSA) is 60.2 Å². The molecule has 5 nitrogen and oxygen atoms in total. The van der Waals surface area contributed by atoms with Gasteiger partial charge in [0.2, 0.25) is 11.7 Å². The summed E-state index contributed by atoms with van der Waals surface area (Å²) in [6, 6.07) is 1.44. The van der Waals surface area contributed by atoms with Crippen LogP contribution >= 0.6 is 0 Å². The Balaban J connectivity index is 1.45. The molecule has 2 aliphatic heterocycles. The van der Waals surface area contributed by atoms with Crippen molar-refractivity contribution in [3.05, 3.63) is 11.7 Å². The molecule has 1 aliphatic carbocycles. The number of ether oxygens (including phenoxy) is 1. The van der Waals surface area contributed by atoms with Gasteiger partial charge in [0.1, 0.15) is 5.60 Å². The molecule has 1 N–H and O–H groups in total. The van der Waals surface area contributed by atoms with Crippen LogP contribution in [0.25, 0.3) is 0 Å². The second kappa shape index (κ2) is 5.36. The molecular weight excluding hydrogens is 266 g/mol. The molecule has 1 aromatic heterocycles. The van der Waals surface area contributed by atoms with Crippen molar-refractivity contribution in [1.29, 1.82) is 0 Å².